The summed E-state index contributed by atoms with van der Waals surface area (Å²) in [7, 11) is 0. The third-order valence-corrected chi connectivity index (χ3v) is 4.75. The normalized spacial score (nSPS) is 24.0. The van der Waals surface area contributed by atoms with E-state index in [1.165, 1.54) is 38.5 Å². The summed E-state index contributed by atoms with van der Waals surface area (Å²) in [6, 6.07) is 0. The molecule has 140 valence electrons. The van der Waals surface area contributed by atoms with Crippen LogP contribution < -0.4 is 5.32 Å². The quantitative estimate of drug-likeness (QED) is 0.671. The van der Waals surface area contributed by atoms with Crippen LogP contribution in [0.3, 0.4) is 0 Å². The number of carbonyl (C=O) groups excluding carboxylic acids is 1. The van der Waals surface area contributed by atoms with Crippen LogP contribution in [0.5, 0.6) is 0 Å². The van der Waals surface area contributed by atoms with Crippen molar-refractivity contribution < 1.29 is 14.4 Å². The van der Waals surface area contributed by atoms with Crippen molar-refractivity contribution in [1.29, 1.82) is 0 Å². The van der Waals surface area contributed by atoms with Gasteiger partial charge in [0.15, 0.2) is 6.61 Å². The largest absolute Gasteiger partial charge is 0.471 e. The van der Waals surface area contributed by atoms with E-state index in [1.54, 1.807) is 0 Å². The zero-order valence-corrected chi connectivity index (χ0v) is 16.0. The van der Waals surface area contributed by atoms with Gasteiger partial charge in [0.05, 0.1) is 0 Å². The monoisotopic (exact) mass is 340 g/mol. The lowest BCUT2D eigenvalue weighted by Crippen LogP contribution is -2.34. The topological polar surface area (TPSA) is 59.9 Å². The summed E-state index contributed by atoms with van der Waals surface area (Å²) in [6.07, 6.45) is 10.1. The van der Waals surface area contributed by atoms with Gasteiger partial charge in [0.1, 0.15) is 12.0 Å². The molecule has 0 spiro atoms. The van der Waals surface area contributed by atoms with Crippen LogP contribution in [0.4, 0.5) is 0 Å². The first-order valence-electron chi connectivity index (χ1n) is 9.76. The summed E-state index contributed by atoms with van der Waals surface area (Å²) >= 11 is 0. The summed E-state index contributed by atoms with van der Waals surface area (Å²) in [5.74, 6) is 1.14. The van der Waals surface area contributed by atoms with Crippen molar-refractivity contribution in [3.63, 3.8) is 0 Å². The second kappa shape index (κ2) is 12.2. The van der Waals surface area contributed by atoms with Crippen molar-refractivity contribution in [2.75, 3.05) is 13.2 Å². The standard InChI is InChI=1S/C10H22.C9H14N2O3/c1-4-6-7-8-9-10(3)5-2;1-2-6-5-13-11-9(14-6)7-3-4-10-8(7)12/h10H,4-9H2,1-3H3;6-7H,2-5H2,1H3,(H,10,12). The van der Waals surface area contributed by atoms with Gasteiger partial charge in [0.2, 0.25) is 11.8 Å². The fraction of sp³-hybridized carbons (Fsp3) is 0.895. The zero-order valence-electron chi connectivity index (χ0n) is 16.0. The predicted molar refractivity (Wildman–Crippen MR) is 97.9 cm³/mol. The molecule has 0 radical (unpaired) electrons. The van der Waals surface area contributed by atoms with Crippen molar-refractivity contribution in [3.8, 4) is 0 Å². The van der Waals surface area contributed by atoms with Gasteiger partial charge in [0, 0.05) is 6.54 Å². The second-order valence-electron chi connectivity index (χ2n) is 6.87. The highest BCUT2D eigenvalue weighted by Gasteiger charge is 2.34. The van der Waals surface area contributed by atoms with E-state index in [0.717, 1.165) is 18.8 Å². The number of unbranched alkanes of at least 4 members (excludes halogenated alkanes) is 3. The third kappa shape index (κ3) is 7.54. The molecular weight excluding hydrogens is 304 g/mol. The average molecular weight is 341 g/mol. The Hall–Kier alpha value is -1.26. The minimum atomic E-state index is -0.246. The molecule has 1 amide bonds. The zero-order chi connectivity index (χ0) is 17.8. The fourth-order valence-corrected chi connectivity index (χ4v) is 2.71. The molecule has 5 nitrogen and oxygen atoms in total. The molecule has 0 bridgehead atoms. The number of hydrogen-bond donors (Lipinski definition) is 1. The van der Waals surface area contributed by atoms with Gasteiger partial charge in [-0.15, -0.1) is 0 Å². The molecule has 0 aromatic rings. The Kier molecular flexibility index (Phi) is 10.5. The Labute approximate surface area is 147 Å². The van der Waals surface area contributed by atoms with Gasteiger partial charge in [-0.1, -0.05) is 71.4 Å². The molecule has 2 rings (SSSR count). The van der Waals surface area contributed by atoms with Gasteiger partial charge >= 0.3 is 0 Å². The highest BCUT2D eigenvalue weighted by molar-refractivity contribution is 6.01. The number of carbonyl (C=O) groups is 1. The molecule has 0 aromatic heterocycles. The van der Waals surface area contributed by atoms with Gasteiger partial charge in [-0.05, 0) is 18.8 Å². The Morgan fingerprint density at radius 3 is 2.62 bits per heavy atom. The number of ether oxygens (including phenoxy) is 1. The van der Waals surface area contributed by atoms with Gasteiger partial charge in [-0.25, -0.2) is 0 Å². The van der Waals surface area contributed by atoms with Crippen molar-refractivity contribution in [2.24, 2.45) is 17.0 Å². The molecule has 0 saturated carbocycles. The van der Waals surface area contributed by atoms with E-state index in [-0.39, 0.29) is 17.9 Å². The van der Waals surface area contributed by atoms with Crippen LogP contribution in [-0.2, 0) is 14.4 Å². The van der Waals surface area contributed by atoms with Crippen molar-refractivity contribution in [2.45, 2.75) is 85.2 Å². The summed E-state index contributed by atoms with van der Waals surface area (Å²) in [5, 5.41) is 6.54. The van der Waals surface area contributed by atoms with Crippen LogP contribution >= 0.6 is 0 Å². The van der Waals surface area contributed by atoms with E-state index in [2.05, 4.69) is 31.2 Å². The molecule has 3 atom stereocenters. The highest BCUT2D eigenvalue weighted by Crippen LogP contribution is 2.18. The Morgan fingerprint density at radius 1 is 1.25 bits per heavy atom. The van der Waals surface area contributed by atoms with Crippen LogP contribution in [0.15, 0.2) is 5.16 Å². The smallest absolute Gasteiger partial charge is 0.238 e. The summed E-state index contributed by atoms with van der Waals surface area (Å²) in [6.45, 7) is 10.1. The summed E-state index contributed by atoms with van der Waals surface area (Å²) in [4.78, 5) is 16.4. The molecule has 0 aromatic carbocycles. The lowest BCUT2D eigenvalue weighted by atomic mass is 10.0. The highest BCUT2D eigenvalue weighted by atomic mass is 16.7. The number of hydrogen-bond acceptors (Lipinski definition) is 4. The Bertz CT molecular complexity index is 385. The molecule has 24 heavy (non-hydrogen) atoms. The summed E-state index contributed by atoms with van der Waals surface area (Å²) in [5.41, 5.74) is 0. The molecule has 5 heteroatoms. The maximum absolute atomic E-state index is 11.3. The minimum absolute atomic E-state index is 0.0101. The molecule has 2 aliphatic rings. The third-order valence-electron chi connectivity index (χ3n) is 4.75. The maximum Gasteiger partial charge on any atom is 0.238 e. The van der Waals surface area contributed by atoms with Crippen LogP contribution in [0.25, 0.3) is 0 Å². The molecule has 1 N–H and O–H groups in total. The van der Waals surface area contributed by atoms with E-state index < -0.39 is 0 Å². The maximum atomic E-state index is 11.3. The second-order valence-corrected chi connectivity index (χ2v) is 6.87. The molecular formula is C19H36N2O3. The van der Waals surface area contributed by atoms with Crippen LogP contribution in [-0.4, -0.2) is 31.1 Å². The van der Waals surface area contributed by atoms with Crippen molar-refractivity contribution >= 4 is 11.8 Å². The van der Waals surface area contributed by atoms with E-state index in [4.69, 9.17) is 9.57 Å². The van der Waals surface area contributed by atoms with Gasteiger partial charge in [-0.2, -0.15) is 0 Å². The lowest BCUT2D eigenvalue weighted by molar-refractivity contribution is -0.121. The Morgan fingerprint density at radius 2 is 2.04 bits per heavy atom. The number of amides is 1. The van der Waals surface area contributed by atoms with E-state index in [0.29, 0.717) is 19.0 Å². The molecule has 3 unspecified atom stereocenters. The van der Waals surface area contributed by atoms with Gasteiger partial charge in [-0.3, -0.25) is 4.79 Å². The SMILES string of the molecule is CCC1CON=C(C2CCNC2=O)O1.CCCCCCC(C)CC. The number of nitrogens with one attached hydrogen (secondary N) is 1. The lowest BCUT2D eigenvalue weighted by Gasteiger charge is -2.23. The Balaban J connectivity index is 0.000000257. The molecule has 0 aliphatic carbocycles. The number of nitrogens with zero attached hydrogens (tertiary/aromatic N) is 1. The first kappa shape index (κ1) is 20.8. The number of oxime groups is 1. The number of rotatable bonds is 8. The van der Waals surface area contributed by atoms with Crippen LogP contribution in [0.2, 0.25) is 0 Å². The van der Waals surface area contributed by atoms with E-state index in [9.17, 15) is 4.79 Å². The van der Waals surface area contributed by atoms with E-state index in [1.807, 2.05) is 6.92 Å². The molecule has 2 heterocycles. The van der Waals surface area contributed by atoms with E-state index >= 15 is 0 Å². The summed E-state index contributed by atoms with van der Waals surface area (Å²) < 4.78 is 5.55. The fourth-order valence-electron chi connectivity index (χ4n) is 2.71. The first-order valence-corrected chi connectivity index (χ1v) is 9.76. The average Bonchev–Trinajstić information content (AvgIpc) is 3.05. The van der Waals surface area contributed by atoms with Crippen molar-refractivity contribution in [3.05, 3.63) is 0 Å². The predicted octanol–water partition coefficient (Wildman–Crippen LogP) is 4.26. The molecule has 1 fully saturated rings. The molecule has 2 aliphatic heterocycles. The van der Waals surface area contributed by atoms with Crippen LogP contribution in [0.1, 0.15) is 79.1 Å². The van der Waals surface area contributed by atoms with Gasteiger partial charge in [0.25, 0.3) is 0 Å². The van der Waals surface area contributed by atoms with Gasteiger partial charge < -0.3 is 14.9 Å². The minimum Gasteiger partial charge on any atom is -0.471 e. The molecule has 1 saturated heterocycles. The van der Waals surface area contributed by atoms with Crippen LogP contribution in [0, 0.1) is 11.8 Å². The van der Waals surface area contributed by atoms with Crippen molar-refractivity contribution in [1.82, 2.24) is 5.32 Å². The first-order chi connectivity index (χ1) is 11.6.